The molecule has 1 unspecified atom stereocenters. The first-order valence-electron chi connectivity index (χ1n) is 3.87. The lowest BCUT2D eigenvalue weighted by Crippen LogP contribution is -2.28. The van der Waals surface area contributed by atoms with Gasteiger partial charge in [-0.05, 0) is 19.1 Å². The molecule has 1 amide bonds. The first-order chi connectivity index (χ1) is 5.68. The maximum absolute atomic E-state index is 11.1. The molecule has 0 aliphatic heterocycles. The molecule has 0 fully saturated rings. The van der Waals surface area contributed by atoms with E-state index in [1.807, 2.05) is 12.1 Å². The van der Waals surface area contributed by atoms with Gasteiger partial charge in [0, 0.05) is 24.9 Å². The SMILES string of the molecule is CC(N)CC(=O)Nn1cccc1. The van der Waals surface area contributed by atoms with E-state index < -0.39 is 0 Å². The van der Waals surface area contributed by atoms with Gasteiger partial charge in [-0.1, -0.05) is 0 Å². The Morgan fingerprint density at radius 3 is 2.67 bits per heavy atom. The molecule has 1 rings (SSSR count). The van der Waals surface area contributed by atoms with Crippen molar-refractivity contribution in [2.45, 2.75) is 19.4 Å². The lowest BCUT2D eigenvalue weighted by molar-refractivity contribution is -0.117. The van der Waals surface area contributed by atoms with Gasteiger partial charge in [0.25, 0.3) is 0 Å². The zero-order chi connectivity index (χ0) is 8.97. The van der Waals surface area contributed by atoms with Crippen molar-refractivity contribution in [1.82, 2.24) is 4.68 Å². The second kappa shape index (κ2) is 3.92. The number of aromatic nitrogens is 1. The fourth-order valence-corrected chi connectivity index (χ4v) is 0.891. The van der Waals surface area contributed by atoms with Gasteiger partial charge in [0.05, 0.1) is 0 Å². The normalized spacial score (nSPS) is 12.5. The molecule has 4 nitrogen and oxygen atoms in total. The van der Waals surface area contributed by atoms with Crippen molar-refractivity contribution in [3.63, 3.8) is 0 Å². The van der Waals surface area contributed by atoms with Gasteiger partial charge in [0.2, 0.25) is 5.91 Å². The minimum Gasteiger partial charge on any atom is -0.327 e. The summed E-state index contributed by atoms with van der Waals surface area (Å²) in [5.74, 6) is -0.0683. The van der Waals surface area contributed by atoms with E-state index in [4.69, 9.17) is 5.73 Å². The quantitative estimate of drug-likeness (QED) is 0.680. The number of carbonyl (C=O) groups is 1. The second-order valence-corrected chi connectivity index (χ2v) is 2.81. The standard InChI is InChI=1S/C8H13N3O/c1-7(9)6-8(12)10-11-4-2-3-5-11/h2-5,7H,6,9H2,1H3,(H,10,12). The molecule has 0 aromatic carbocycles. The van der Waals surface area contributed by atoms with Gasteiger partial charge in [-0.3, -0.25) is 14.9 Å². The number of hydrogen-bond acceptors (Lipinski definition) is 2. The average molecular weight is 167 g/mol. The van der Waals surface area contributed by atoms with Crippen LogP contribution in [-0.4, -0.2) is 16.6 Å². The monoisotopic (exact) mass is 167 g/mol. The van der Waals surface area contributed by atoms with Gasteiger partial charge in [0.1, 0.15) is 0 Å². The third kappa shape index (κ3) is 2.75. The second-order valence-electron chi connectivity index (χ2n) is 2.81. The molecule has 0 bridgehead atoms. The van der Waals surface area contributed by atoms with E-state index in [1.54, 1.807) is 24.0 Å². The first-order valence-corrected chi connectivity index (χ1v) is 3.87. The van der Waals surface area contributed by atoms with Crippen LogP contribution >= 0.6 is 0 Å². The smallest absolute Gasteiger partial charge is 0.240 e. The Kier molecular flexibility index (Phi) is 2.88. The molecule has 0 aliphatic carbocycles. The van der Waals surface area contributed by atoms with Crippen molar-refractivity contribution in [3.8, 4) is 0 Å². The van der Waals surface area contributed by atoms with E-state index in [1.165, 1.54) is 0 Å². The minimum absolute atomic E-state index is 0.0683. The van der Waals surface area contributed by atoms with Crippen LogP contribution in [0.1, 0.15) is 13.3 Å². The molecule has 0 spiro atoms. The topological polar surface area (TPSA) is 60.1 Å². The zero-order valence-corrected chi connectivity index (χ0v) is 7.03. The highest BCUT2D eigenvalue weighted by atomic mass is 16.2. The Labute approximate surface area is 71.3 Å². The molecule has 3 N–H and O–H groups in total. The highest BCUT2D eigenvalue weighted by Crippen LogP contribution is 1.89. The zero-order valence-electron chi connectivity index (χ0n) is 7.03. The van der Waals surface area contributed by atoms with Crippen LogP contribution in [0.5, 0.6) is 0 Å². The van der Waals surface area contributed by atoms with E-state index in [2.05, 4.69) is 5.43 Å². The highest BCUT2D eigenvalue weighted by Gasteiger charge is 2.03. The van der Waals surface area contributed by atoms with Gasteiger partial charge < -0.3 is 5.73 Å². The molecule has 4 heteroatoms. The fraction of sp³-hybridized carbons (Fsp3) is 0.375. The van der Waals surface area contributed by atoms with Crippen LogP contribution in [0.15, 0.2) is 24.5 Å². The van der Waals surface area contributed by atoms with Gasteiger partial charge in [0.15, 0.2) is 0 Å². The summed E-state index contributed by atoms with van der Waals surface area (Å²) >= 11 is 0. The third-order valence-corrected chi connectivity index (χ3v) is 1.37. The number of hydrogen-bond donors (Lipinski definition) is 2. The van der Waals surface area contributed by atoms with Crippen molar-refractivity contribution < 1.29 is 4.79 Å². The molecule has 1 aromatic heterocycles. The van der Waals surface area contributed by atoms with E-state index in [0.29, 0.717) is 6.42 Å². The summed E-state index contributed by atoms with van der Waals surface area (Å²) in [7, 11) is 0. The molecule has 1 atom stereocenters. The third-order valence-electron chi connectivity index (χ3n) is 1.37. The van der Waals surface area contributed by atoms with Crippen molar-refractivity contribution in [3.05, 3.63) is 24.5 Å². The predicted octanol–water partition coefficient (Wildman–Crippen LogP) is 0.295. The van der Waals surface area contributed by atoms with Gasteiger partial charge >= 0.3 is 0 Å². The van der Waals surface area contributed by atoms with E-state index in [-0.39, 0.29) is 11.9 Å². The Morgan fingerprint density at radius 1 is 1.58 bits per heavy atom. The minimum atomic E-state index is -0.0967. The summed E-state index contributed by atoms with van der Waals surface area (Å²) in [6.45, 7) is 1.80. The van der Waals surface area contributed by atoms with Crippen molar-refractivity contribution >= 4 is 5.91 Å². The number of nitrogens with one attached hydrogen (secondary N) is 1. The maximum atomic E-state index is 11.1. The summed E-state index contributed by atoms with van der Waals surface area (Å²) in [5.41, 5.74) is 8.10. The molecular weight excluding hydrogens is 154 g/mol. The van der Waals surface area contributed by atoms with Crippen molar-refractivity contribution in [1.29, 1.82) is 0 Å². The van der Waals surface area contributed by atoms with Crippen LogP contribution in [0.4, 0.5) is 0 Å². The molecule has 1 aromatic rings. The van der Waals surface area contributed by atoms with Gasteiger partial charge in [-0.2, -0.15) is 0 Å². The summed E-state index contributed by atoms with van der Waals surface area (Å²) in [6.07, 6.45) is 3.87. The van der Waals surface area contributed by atoms with Crippen LogP contribution in [0.3, 0.4) is 0 Å². The van der Waals surface area contributed by atoms with Gasteiger partial charge in [-0.25, -0.2) is 0 Å². The van der Waals surface area contributed by atoms with E-state index in [0.717, 1.165) is 0 Å². The van der Waals surface area contributed by atoms with Crippen molar-refractivity contribution in [2.24, 2.45) is 5.73 Å². The number of rotatable bonds is 3. The Bertz CT molecular complexity index is 241. The lowest BCUT2D eigenvalue weighted by Gasteiger charge is -2.07. The Morgan fingerprint density at radius 2 is 2.17 bits per heavy atom. The summed E-state index contributed by atoms with van der Waals surface area (Å²) in [6, 6.07) is 3.58. The number of amides is 1. The van der Waals surface area contributed by atoms with E-state index >= 15 is 0 Å². The summed E-state index contributed by atoms with van der Waals surface area (Å²) in [4.78, 5) is 11.1. The molecule has 0 saturated carbocycles. The highest BCUT2D eigenvalue weighted by molar-refractivity contribution is 5.84. The Balaban J connectivity index is 2.37. The first kappa shape index (κ1) is 8.80. The molecule has 1 heterocycles. The average Bonchev–Trinajstić information content (AvgIpc) is 2.37. The number of nitrogens with two attached hydrogens (primary N) is 1. The van der Waals surface area contributed by atoms with Crippen LogP contribution in [0, 0.1) is 0 Å². The largest absolute Gasteiger partial charge is 0.327 e. The molecule has 0 saturated heterocycles. The number of carbonyl (C=O) groups excluding carboxylic acids is 1. The predicted molar refractivity (Wildman–Crippen MR) is 47.1 cm³/mol. The lowest BCUT2D eigenvalue weighted by atomic mass is 10.2. The molecule has 66 valence electrons. The molecule has 12 heavy (non-hydrogen) atoms. The molecular formula is C8H13N3O. The van der Waals surface area contributed by atoms with Crippen LogP contribution < -0.4 is 11.2 Å². The maximum Gasteiger partial charge on any atom is 0.240 e. The Hall–Kier alpha value is -1.29. The summed E-state index contributed by atoms with van der Waals surface area (Å²) in [5, 5.41) is 0. The van der Waals surface area contributed by atoms with Crippen molar-refractivity contribution in [2.75, 3.05) is 5.43 Å². The number of nitrogens with zero attached hydrogens (tertiary/aromatic N) is 1. The van der Waals surface area contributed by atoms with Crippen LogP contribution in [0.2, 0.25) is 0 Å². The molecule has 0 aliphatic rings. The van der Waals surface area contributed by atoms with E-state index in [9.17, 15) is 4.79 Å². The molecule has 0 radical (unpaired) electrons. The van der Waals surface area contributed by atoms with Crippen LogP contribution in [-0.2, 0) is 4.79 Å². The van der Waals surface area contributed by atoms with Crippen LogP contribution in [0.25, 0.3) is 0 Å². The summed E-state index contributed by atoms with van der Waals surface area (Å²) < 4.78 is 1.60. The van der Waals surface area contributed by atoms with Gasteiger partial charge in [-0.15, -0.1) is 0 Å². The fourth-order valence-electron chi connectivity index (χ4n) is 0.891.